The summed E-state index contributed by atoms with van der Waals surface area (Å²) in [6.45, 7) is -0.718. The van der Waals surface area contributed by atoms with Gasteiger partial charge in [-0.3, -0.25) is 4.79 Å². The van der Waals surface area contributed by atoms with Crippen LogP contribution in [0, 0.1) is 5.92 Å². The lowest BCUT2D eigenvalue weighted by atomic mass is 9.82. The lowest BCUT2D eigenvalue weighted by Gasteiger charge is -2.44. The second-order valence-electron chi connectivity index (χ2n) is 10.0. The van der Waals surface area contributed by atoms with Gasteiger partial charge in [0, 0.05) is 17.5 Å². The minimum absolute atomic E-state index is 0.0219. The van der Waals surface area contributed by atoms with Gasteiger partial charge in [-0.1, -0.05) is 55.7 Å². The molecule has 1 aliphatic carbocycles. The Morgan fingerprint density at radius 2 is 1.71 bits per heavy atom. The number of piperazine rings is 1. The quantitative estimate of drug-likeness (QED) is 0.353. The molecule has 5 rings (SSSR count). The minimum Gasteiger partial charge on any atom is -0.477 e. The van der Waals surface area contributed by atoms with E-state index in [-0.39, 0.29) is 23.0 Å². The number of carboxylic acid groups (broad SMARTS) is 1. The van der Waals surface area contributed by atoms with Gasteiger partial charge in [-0.25, -0.2) is 13.2 Å². The molecule has 1 N–H and O–H groups in total. The summed E-state index contributed by atoms with van der Waals surface area (Å²) in [6, 6.07) is 14.2. The number of rotatable bonds is 7. The largest absolute Gasteiger partial charge is 0.573 e. The molecule has 1 unspecified atom stereocenters. The van der Waals surface area contributed by atoms with Crippen molar-refractivity contribution in [3.8, 4) is 16.2 Å². The van der Waals surface area contributed by atoms with E-state index in [2.05, 4.69) is 4.74 Å². The lowest BCUT2D eigenvalue weighted by molar-refractivity contribution is -0.274. The molecule has 2 fully saturated rings. The topological polar surface area (TPSA) is 104 Å². The third kappa shape index (κ3) is 6.26. The van der Waals surface area contributed by atoms with Crippen LogP contribution >= 0.6 is 11.3 Å². The van der Waals surface area contributed by atoms with Gasteiger partial charge >= 0.3 is 12.3 Å². The Hall–Kier alpha value is -3.42. The van der Waals surface area contributed by atoms with Crippen LogP contribution in [0.15, 0.2) is 65.6 Å². The summed E-state index contributed by atoms with van der Waals surface area (Å²) in [7, 11) is -4.39. The number of ether oxygens (including phenoxy) is 1. The van der Waals surface area contributed by atoms with Crippen molar-refractivity contribution in [2.75, 3.05) is 18.0 Å². The number of carbonyl (C=O) groups excluding carboxylic acids is 1. The number of hydrogen-bond acceptors (Lipinski definition) is 6. The van der Waals surface area contributed by atoms with Gasteiger partial charge in [-0.2, -0.15) is 4.31 Å². The van der Waals surface area contributed by atoms with Crippen LogP contribution in [0.25, 0.3) is 10.4 Å². The Labute approximate surface area is 239 Å². The van der Waals surface area contributed by atoms with Crippen LogP contribution < -0.4 is 9.64 Å². The molecule has 8 nitrogen and oxygen atoms in total. The van der Waals surface area contributed by atoms with E-state index >= 15 is 0 Å². The Morgan fingerprint density at radius 3 is 2.37 bits per heavy atom. The summed E-state index contributed by atoms with van der Waals surface area (Å²) in [5.41, 5.74) is 1.01. The monoisotopic (exact) mass is 608 g/mol. The standard InChI is InChI=1S/C28H27F3N2O6S2/c29-28(30,31)39-20-12-7-13-21(14-20)41(37,38)32-16-23(18-8-3-1-4-9-18)33(25(34)17-32)22-15-24(40-26(22)27(35)36)19-10-5-2-6-11-19/h2,5-7,10-15,18,23H,1,3-4,8-9,16-17H2,(H,35,36). The van der Waals surface area contributed by atoms with Gasteiger partial charge in [-0.05, 0) is 42.5 Å². The van der Waals surface area contributed by atoms with Gasteiger partial charge in [0.25, 0.3) is 0 Å². The predicted molar refractivity (Wildman–Crippen MR) is 146 cm³/mol. The second-order valence-corrected chi connectivity index (χ2v) is 13.0. The molecule has 1 saturated carbocycles. The zero-order valence-electron chi connectivity index (χ0n) is 21.7. The zero-order chi connectivity index (χ0) is 29.4. The highest BCUT2D eigenvalue weighted by atomic mass is 32.2. The van der Waals surface area contributed by atoms with Crippen LogP contribution in [0.2, 0.25) is 0 Å². The number of hydrogen-bond donors (Lipinski definition) is 1. The molecular weight excluding hydrogens is 581 g/mol. The first-order valence-electron chi connectivity index (χ1n) is 13.0. The van der Waals surface area contributed by atoms with Crippen LogP contribution in [-0.2, 0) is 14.8 Å². The molecule has 1 saturated heterocycles. The number of carbonyl (C=O) groups is 2. The van der Waals surface area contributed by atoms with Crippen LogP contribution in [0.3, 0.4) is 0 Å². The van der Waals surface area contributed by atoms with Crippen molar-refractivity contribution in [1.29, 1.82) is 0 Å². The highest BCUT2D eigenvalue weighted by Crippen LogP contribution is 2.42. The molecule has 1 amide bonds. The number of aromatic carboxylic acids is 1. The van der Waals surface area contributed by atoms with Crippen molar-refractivity contribution >= 4 is 38.9 Å². The normalized spacial score (nSPS) is 19.3. The number of amides is 1. The minimum atomic E-state index is -5.00. The van der Waals surface area contributed by atoms with Gasteiger partial charge in [0.15, 0.2) is 0 Å². The van der Waals surface area contributed by atoms with E-state index < -0.39 is 51.5 Å². The second kappa shape index (κ2) is 11.5. The van der Waals surface area contributed by atoms with E-state index in [1.165, 1.54) is 4.90 Å². The number of benzene rings is 2. The molecule has 1 aliphatic heterocycles. The molecule has 218 valence electrons. The summed E-state index contributed by atoms with van der Waals surface area (Å²) in [5, 5.41) is 10.1. The van der Waals surface area contributed by atoms with Crippen molar-refractivity contribution < 1.29 is 41.0 Å². The van der Waals surface area contributed by atoms with Crippen molar-refractivity contribution in [3.63, 3.8) is 0 Å². The fourth-order valence-corrected chi connectivity index (χ4v) is 8.02. The Morgan fingerprint density at radius 1 is 1.00 bits per heavy atom. The van der Waals surface area contributed by atoms with Gasteiger partial charge in [-0.15, -0.1) is 24.5 Å². The third-order valence-corrected chi connectivity index (χ3v) is 10.4. The molecule has 1 aromatic heterocycles. The van der Waals surface area contributed by atoms with E-state index in [9.17, 15) is 36.3 Å². The first-order valence-corrected chi connectivity index (χ1v) is 15.3. The van der Waals surface area contributed by atoms with Crippen LogP contribution in [0.5, 0.6) is 5.75 Å². The SMILES string of the molecule is O=C(O)c1sc(-c2ccccc2)cc1N1C(=O)CN(S(=O)(=O)c2cccc(OC(F)(F)F)c2)CC1C1CCCCC1. The van der Waals surface area contributed by atoms with Crippen molar-refractivity contribution in [3.05, 3.63) is 65.5 Å². The van der Waals surface area contributed by atoms with E-state index in [1.807, 2.05) is 30.3 Å². The molecule has 0 bridgehead atoms. The first-order chi connectivity index (χ1) is 19.4. The fraction of sp³-hybridized carbons (Fsp3) is 0.357. The number of nitrogens with zero attached hydrogens (tertiary/aromatic N) is 2. The van der Waals surface area contributed by atoms with Crippen molar-refractivity contribution in [1.82, 2.24) is 4.31 Å². The first kappa shape index (κ1) is 29.1. The summed E-state index contributed by atoms with van der Waals surface area (Å²) >= 11 is 1.04. The molecule has 2 aromatic carbocycles. The van der Waals surface area contributed by atoms with Gasteiger partial charge in [0.1, 0.15) is 10.6 Å². The summed E-state index contributed by atoms with van der Waals surface area (Å²) in [5.74, 6) is -2.57. The average molecular weight is 609 g/mol. The van der Waals surface area contributed by atoms with Crippen molar-refractivity contribution in [2.24, 2.45) is 5.92 Å². The number of sulfonamides is 1. The molecule has 13 heteroatoms. The third-order valence-electron chi connectivity index (χ3n) is 7.40. The summed E-state index contributed by atoms with van der Waals surface area (Å²) < 4.78 is 70.4. The van der Waals surface area contributed by atoms with Gasteiger partial charge < -0.3 is 14.7 Å². The van der Waals surface area contributed by atoms with Gasteiger partial charge in [0.2, 0.25) is 15.9 Å². The zero-order valence-corrected chi connectivity index (χ0v) is 23.3. The molecule has 1 atom stereocenters. The molecular formula is C28H27F3N2O6S2. The van der Waals surface area contributed by atoms with Gasteiger partial charge in [0.05, 0.1) is 23.2 Å². The molecule has 41 heavy (non-hydrogen) atoms. The van der Waals surface area contributed by atoms with Crippen LogP contribution in [0.1, 0.15) is 41.8 Å². The Kier molecular flexibility index (Phi) is 8.13. The van der Waals surface area contributed by atoms with Crippen LogP contribution in [0.4, 0.5) is 18.9 Å². The number of alkyl halides is 3. The molecule has 2 heterocycles. The summed E-state index contributed by atoms with van der Waals surface area (Å²) in [4.78, 5) is 27.7. The highest BCUT2D eigenvalue weighted by Gasteiger charge is 2.44. The number of anilines is 1. The maximum absolute atomic E-state index is 13.8. The number of thiophene rings is 1. The lowest BCUT2D eigenvalue weighted by Crippen LogP contribution is -2.60. The molecule has 2 aliphatic rings. The van der Waals surface area contributed by atoms with E-state index in [0.29, 0.717) is 4.88 Å². The van der Waals surface area contributed by atoms with Crippen molar-refractivity contribution in [2.45, 2.75) is 49.4 Å². The Bertz CT molecular complexity index is 1540. The Balaban J connectivity index is 1.53. The molecule has 3 aromatic rings. The van der Waals surface area contributed by atoms with E-state index in [0.717, 1.165) is 77.6 Å². The smallest absolute Gasteiger partial charge is 0.477 e. The number of halogens is 3. The number of carboxylic acids is 1. The molecule has 0 spiro atoms. The fourth-order valence-electron chi connectivity index (χ4n) is 5.58. The molecule has 0 radical (unpaired) electrons. The average Bonchev–Trinajstić information content (AvgIpc) is 3.38. The van der Waals surface area contributed by atoms with E-state index in [4.69, 9.17) is 0 Å². The predicted octanol–water partition coefficient (Wildman–Crippen LogP) is 6.00. The highest BCUT2D eigenvalue weighted by molar-refractivity contribution is 7.89. The van der Waals surface area contributed by atoms with Crippen LogP contribution in [-0.4, -0.2) is 55.2 Å². The van der Waals surface area contributed by atoms with E-state index in [1.54, 1.807) is 6.07 Å². The maximum Gasteiger partial charge on any atom is 0.573 e. The summed E-state index contributed by atoms with van der Waals surface area (Å²) in [6.07, 6.45) is -0.765. The maximum atomic E-state index is 13.8.